The van der Waals surface area contributed by atoms with Gasteiger partial charge in [0.25, 0.3) is 5.79 Å². The van der Waals surface area contributed by atoms with Gasteiger partial charge in [-0.25, -0.2) is 4.79 Å². The maximum atomic E-state index is 11.9. The topological polar surface area (TPSA) is 218 Å². The number of carboxylic acid groups (broad SMARTS) is 1. The zero-order chi connectivity index (χ0) is 33.9. The summed E-state index contributed by atoms with van der Waals surface area (Å²) in [5, 5.41) is 67.6. The number of phenolic OH excluding ortho intramolecular Hbond substituents is 1. The molecule has 1 spiro atoms. The number of aliphatic hydroxyl groups is 4. The number of aliphatic hydroxyl groups excluding tert-OH is 4. The molecule has 3 aromatic rings. The first-order chi connectivity index (χ1) is 23.0. The van der Waals surface area contributed by atoms with Crippen LogP contribution in [0.1, 0.15) is 30.1 Å². The lowest BCUT2D eigenvalue weighted by atomic mass is 9.84. The van der Waals surface area contributed by atoms with Gasteiger partial charge in [0.15, 0.2) is 29.1 Å². The van der Waals surface area contributed by atoms with Crippen LogP contribution in [0.25, 0.3) is 11.1 Å². The molecule has 0 saturated carbocycles. The summed E-state index contributed by atoms with van der Waals surface area (Å²) >= 11 is 0. The number of rotatable bonds is 8. The van der Waals surface area contributed by atoms with Crippen molar-refractivity contribution < 1.29 is 63.9 Å². The second kappa shape index (κ2) is 12.2. The molecule has 7 rings (SSSR count). The van der Waals surface area contributed by atoms with E-state index in [1.807, 2.05) is 6.07 Å². The summed E-state index contributed by atoms with van der Waals surface area (Å²) in [6.07, 6.45) is -8.62. The highest BCUT2D eigenvalue weighted by Crippen LogP contribution is 2.61. The van der Waals surface area contributed by atoms with Crippen molar-refractivity contribution in [3.8, 4) is 45.6 Å². The van der Waals surface area contributed by atoms with Gasteiger partial charge in [0.2, 0.25) is 5.75 Å². The van der Waals surface area contributed by atoms with Gasteiger partial charge < -0.3 is 64.4 Å². The lowest BCUT2D eigenvalue weighted by Gasteiger charge is -2.49. The number of carbonyl (C=O) groups is 1. The minimum atomic E-state index is -2.08. The van der Waals surface area contributed by atoms with Crippen molar-refractivity contribution in [3.63, 3.8) is 0 Å². The van der Waals surface area contributed by atoms with E-state index in [0.29, 0.717) is 51.9 Å². The maximum Gasteiger partial charge on any atom is 0.335 e. The average molecular weight is 669 g/mol. The zero-order valence-corrected chi connectivity index (χ0v) is 26.0. The lowest BCUT2D eigenvalue weighted by Crippen LogP contribution is -2.71. The van der Waals surface area contributed by atoms with Gasteiger partial charge in [-0.1, -0.05) is 18.2 Å². The Morgan fingerprint density at radius 2 is 1.96 bits per heavy atom. The lowest BCUT2D eigenvalue weighted by molar-refractivity contribution is -0.325. The molecule has 8 N–H and O–H groups in total. The number of benzene rings is 3. The Morgan fingerprint density at radius 1 is 1.15 bits per heavy atom. The largest absolute Gasteiger partial charge is 0.508 e. The molecule has 0 radical (unpaired) electrons. The van der Waals surface area contributed by atoms with E-state index in [4.69, 9.17) is 28.4 Å². The number of aliphatic carboxylic acids is 1. The standard InChI is InChI=1S/C33H36N2O13/c1-14(36)10-34-13-45-20-7-6-17-19-11-44-29-22(26(19)46-27(17)28(20)43-2)18(15-4-3-5-16(37)8-15)9-21-23(29)35-12-33(47-21)31(40)25(39)24(38)30(48-33)32(41)42/h3-9,14,19,24-26,30-31,34-40H,10-13H2,1-2H3,(H,41,42)/t14-,19-,24-,25-,26+,30-,31+,33+/m0/s1. The smallest absolute Gasteiger partial charge is 0.335 e. The summed E-state index contributed by atoms with van der Waals surface area (Å²) in [7, 11) is 1.51. The highest BCUT2D eigenvalue weighted by atomic mass is 16.7. The quantitative estimate of drug-likeness (QED) is 0.124. The zero-order valence-electron chi connectivity index (χ0n) is 26.0. The molecule has 1 saturated heterocycles. The fourth-order valence-corrected chi connectivity index (χ4v) is 6.74. The molecular weight excluding hydrogens is 632 g/mol. The first kappa shape index (κ1) is 32.1. The van der Waals surface area contributed by atoms with Crippen molar-refractivity contribution in [2.75, 3.05) is 38.9 Å². The third-order valence-corrected chi connectivity index (χ3v) is 9.02. The normalized spacial score (nSPS) is 28.7. The molecule has 4 heterocycles. The second-order valence-corrected chi connectivity index (χ2v) is 12.2. The monoisotopic (exact) mass is 668 g/mol. The highest BCUT2D eigenvalue weighted by Gasteiger charge is 2.59. The fraction of sp³-hybridized carbons (Fsp3) is 0.424. The van der Waals surface area contributed by atoms with Gasteiger partial charge in [-0.15, -0.1) is 0 Å². The van der Waals surface area contributed by atoms with Crippen LogP contribution in [-0.2, 0) is 9.53 Å². The van der Waals surface area contributed by atoms with Gasteiger partial charge in [0.05, 0.1) is 32.3 Å². The molecule has 0 bridgehead atoms. The van der Waals surface area contributed by atoms with Gasteiger partial charge >= 0.3 is 5.97 Å². The molecule has 4 aliphatic rings. The van der Waals surface area contributed by atoms with Crippen molar-refractivity contribution in [3.05, 3.63) is 53.6 Å². The first-order valence-electron chi connectivity index (χ1n) is 15.4. The number of fused-ring (bicyclic) bond motifs is 7. The molecule has 256 valence electrons. The SMILES string of the molecule is COc1c(OCNC[C@H](C)O)ccc2c1O[C@H]1c3c(-c4cccc(O)c4)cc4c(c3OC[C@@H]21)NC[C@@]1(O4)O[C@H](C(=O)O)[C@@H](O)[C@H](O)[C@H]1O. The Morgan fingerprint density at radius 3 is 2.69 bits per heavy atom. The number of nitrogens with one attached hydrogen (secondary N) is 2. The second-order valence-electron chi connectivity index (χ2n) is 12.2. The van der Waals surface area contributed by atoms with Crippen LogP contribution in [-0.4, -0.2) is 106 Å². The molecule has 0 amide bonds. The molecule has 1 fully saturated rings. The number of carboxylic acids is 1. The molecule has 0 unspecified atom stereocenters. The first-order valence-corrected chi connectivity index (χ1v) is 15.4. The van der Waals surface area contributed by atoms with Gasteiger partial charge in [-0.3, -0.25) is 5.32 Å². The summed E-state index contributed by atoms with van der Waals surface area (Å²) in [6, 6.07) is 11.8. The summed E-state index contributed by atoms with van der Waals surface area (Å²) in [5.41, 5.74) is 2.96. The van der Waals surface area contributed by atoms with E-state index < -0.39 is 48.4 Å². The van der Waals surface area contributed by atoms with E-state index in [0.717, 1.165) is 5.56 Å². The Hall–Kier alpha value is -4.51. The molecule has 15 heteroatoms. The Kier molecular flexibility index (Phi) is 8.14. The minimum absolute atomic E-state index is 0.00139. The van der Waals surface area contributed by atoms with Crippen LogP contribution in [0.3, 0.4) is 0 Å². The van der Waals surface area contributed by atoms with E-state index >= 15 is 0 Å². The molecular formula is C33H36N2O13. The highest BCUT2D eigenvalue weighted by molar-refractivity contribution is 5.84. The third kappa shape index (κ3) is 5.19. The van der Waals surface area contributed by atoms with Crippen LogP contribution in [0.4, 0.5) is 5.69 Å². The Bertz CT molecular complexity index is 1730. The number of hydrogen-bond acceptors (Lipinski definition) is 14. The minimum Gasteiger partial charge on any atom is -0.508 e. The van der Waals surface area contributed by atoms with Gasteiger partial charge in [-0.2, -0.15) is 0 Å². The maximum absolute atomic E-state index is 11.9. The van der Waals surface area contributed by atoms with E-state index in [2.05, 4.69) is 10.6 Å². The molecule has 15 nitrogen and oxygen atoms in total. The Labute approximate surface area is 274 Å². The van der Waals surface area contributed by atoms with Crippen molar-refractivity contribution in [1.82, 2.24) is 5.32 Å². The van der Waals surface area contributed by atoms with Crippen molar-refractivity contribution in [1.29, 1.82) is 0 Å². The van der Waals surface area contributed by atoms with Gasteiger partial charge in [0.1, 0.15) is 42.6 Å². The molecule has 4 aliphatic heterocycles. The van der Waals surface area contributed by atoms with Crippen molar-refractivity contribution in [2.24, 2.45) is 0 Å². The summed E-state index contributed by atoms with van der Waals surface area (Å²) in [6.45, 7) is 2.02. The Balaban J connectivity index is 1.29. The summed E-state index contributed by atoms with van der Waals surface area (Å²) in [4.78, 5) is 11.9. The third-order valence-electron chi connectivity index (χ3n) is 9.02. The number of aromatic hydroxyl groups is 1. The van der Waals surface area contributed by atoms with Gasteiger partial charge in [0, 0.05) is 17.7 Å². The van der Waals surface area contributed by atoms with E-state index in [1.165, 1.54) is 13.2 Å². The fourth-order valence-electron chi connectivity index (χ4n) is 6.74. The number of hydrogen-bond donors (Lipinski definition) is 8. The van der Waals surface area contributed by atoms with Crippen LogP contribution in [0.15, 0.2) is 42.5 Å². The van der Waals surface area contributed by atoms with E-state index in [9.17, 15) is 35.4 Å². The predicted octanol–water partition coefficient (Wildman–Crippen LogP) is 1.05. The van der Waals surface area contributed by atoms with Crippen LogP contribution in [0, 0.1) is 0 Å². The average Bonchev–Trinajstić information content (AvgIpc) is 3.45. The van der Waals surface area contributed by atoms with Crippen LogP contribution < -0.4 is 34.3 Å². The van der Waals surface area contributed by atoms with Crippen LogP contribution in [0.2, 0.25) is 0 Å². The number of anilines is 1. The number of phenols is 1. The molecule has 3 aromatic carbocycles. The van der Waals surface area contributed by atoms with E-state index in [1.54, 1.807) is 37.3 Å². The van der Waals surface area contributed by atoms with E-state index in [-0.39, 0.29) is 37.3 Å². The summed E-state index contributed by atoms with van der Waals surface area (Å²) < 4.78 is 36.6. The summed E-state index contributed by atoms with van der Waals surface area (Å²) in [5.74, 6) is -2.12. The van der Waals surface area contributed by atoms with Crippen LogP contribution >= 0.6 is 0 Å². The molecule has 8 atom stereocenters. The number of ether oxygens (including phenoxy) is 6. The van der Waals surface area contributed by atoms with Gasteiger partial charge in [-0.05, 0) is 42.3 Å². The van der Waals surface area contributed by atoms with Crippen molar-refractivity contribution >= 4 is 11.7 Å². The van der Waals surface area contributed by atoms with Crippen molar-refractivity contribution in [2.45, 2.75) is 55.3 Å². The molecule has 0 aromatic heterocycles. The molecule has 48 heavy (non-hydrogen) atoms. The number of methoxy groups -OCH3 is 1. The predicted molar refractivity (Wildman–Crippen MR) is 166 cm³/mol. The van der Waals surface area contributed by atoms with Crippen LogP contribution in [0.5, 0.6) is 34.5 Å². The molecule has 0 aliphatic carbocycles.